The predicted octanol–water partition coefficient (Wildman–Crippen LogP) is 6.54. The first-order chi connectivity index (χ1) is 15.6. The molecule has 1 fully saturated rings. The molecule has 0 unspecified atom stereocenters. The Morgan fingerprint density at radius 3 is 2.48 bits per heavy atom. The van der Waals surface area contributed by atoms with Crippen molar-refractivity contribution in [3.8, 4) is 11.3 Å². The van der Waals surface area contributed by atoms with Crippen LogP contribution >= 0.6 is 23.4 Å². The van der Waals surface area contributed by atoms with Crippen molar-refractivity contribution < 1.29 is 32.0 Å². The van der Waals surface area contributed by atoms with Crippen LogP contribution in [0.3, 0.4) is 0 Å². The largest absolute Gasteiger partial charge is 0.457 e. The van der Waals surface area contributed by atoms with Crippen molar-refractivity contribution in [1.29, 1.82) is 0 Å². The van der Waals surface area contributed by atoms with Crippen molar-refractivity contribution >= 4 is 46.4 Å². The van der Waals surface area contributed by atoms with Gasteiger partial charge in [0.25, 0.3) is 11.1 Å². The number of Topliss-reactive ketones (excluding diaryl/α,β-unsaturated/α-hetero) is 1. The van der Waals surface area contributed by atoms with Crippen LogP contribution in [0.15, 0.2) is 70.0 Å². The molecular weight excluding hydrogens is 479 g/mol. The van der Waals surface area contributed by atoms with Crippen molar-refractivity contribution in [2.24, 2.45) is 0 Å². The second-order valence-electron chi connectivity index (χ2n) is 6.98. The minimum atomic E-state index is -4.49. The first-order valence-electron chi connectivity index (χ1n) is 9.43. The minimum Gasteiger partial charge on any atom is -0.457 e. The zero-order valence-corrected chi connectivity index (χ0v) is 18.1. The molecule has 3 aromatic rings. The molecule has 168 valence electrons. The summed E-state index contributed by atoms with van der Waals surface area (Å²) in [5.74, 6) is -0.745. The van der Waals surface area contributed by atoms with Crippen LogP contribution in [0.1, 0.15) is 21.7 Å². The van der Waals surface area contributed by atoms with Crippen molar-refractivity contribution in [1.82, 2.24) is 4.90 Å². The predicted molar refractivity (Wildman–Crippen MR) is 118 cm³/mol. The first-order valence-corrected chi connectivity index (χ1v) is 10.6. The lowest BCUT2D eigenvalue weighted by molar-refractivity contribution is -0.137. The number of imide groups is 1. The molecule has 2 aromatic carbocycles. The van der Waals surface area contributed by atoms with Crippen LogP contribution in [0.4, 0.5) is 18.0 Å². The van der Waals surface area contributed by atoms with Crippen LogP contribution in [0.2, 0.25) is 5.02 Å². The maximum absolute atomic E-state index is 12.9. The summed E-state index contributed by atoms with van der Waals surface area (Å²) in [6.45, 7) is -0.433. The highest BCUT2D eigenvalue weighted by molar-refractivity contribution is 8.18. The normalized spacial score (nSPS) is 15.5. The first kappa shape index (κ1) is 22.9. The van der Waals surface area contributed by atoms with Gasteiger partial charge in [0.1, 0.15) is 11.5 Å². The molecule has 1 aliphatic heterocycles. The number of carbonyl (C=O) groups is 3. The summed E-state index contributed by atoms with van der Waals surface area (Å²) in [4.78, 5) is 38.2. The highest BCUT2D eigenvalue weighted by Gasteiger charge is 2.36. The van der Waals surface area contributed by atoms with Gasteiger partial charge in [-0.3, -0.25) is 19.3 Å². The second-order valence-corrected chi connectivity index (χ2v) is 8.41. The number of hydrogen-bond acceptors (Lipinski definition) is 5. The van der Waals surface area contributed by atoms with Crippen molar-refractivity contribution in [3.63, 3.8) is 0 Å². The molecule has 1 saturated heterocycles. The number of rotatable bonds is 5. The van der Waals surface area contributed by atoms with Gasteiger partial charge >= 0.3 is 6.18 Å². The Kier molecular flexibility index (Phi) is 6.18. The van der Waals surface area contributed by atoms with Crippen molar-refractivity contribution in [2.75, 3.05) is 6.54 Å². The van der Waals surface area contributed by atoms with E-state index >= 15 is 0 Å². The molecular formula is C23H13ClF3NO4S. The van der Waals surface area contributed by atoms with Crippen LogP contribution in [0.25, 0.3) is 17.4 Å². The van der Waals surface area contributed by atoms with Crippen LogP contribution in [-0.2, 0) is 11.0 Å². The zero-order valence-electron chi connectivity index (χ0n) is 16.6. The van der Waals surface area contributed by atoms with Crippen LogP contribution in [0, 0.1) is 0 Å². The summed E-state index contributed by atoms with van der Waals surface area (Å²) in [7, 11) is 0. The Bertz CT molecular complexity index is 1280. The molecule has 2 heterocycles. The Morgan fingerprint density at radius 2 is 1.79 bits per heavy atom. The van der Waals surface area contributed by atoms with Crippen molar-refractivity contribution in [2.45, 2.75) is 6.18 Å². The number of halogens is 4. The summed E-state index contributed by atoms with van der Waals surface area (Å²) in [5, 5.41) is -0.165. The number of alkyl halides is 3. The summed E-state index contributed by atoms with van der Waals surface area (Å²) >= 11 is 6.44. The van der Waals surface area contributed by atoms with Gasteiger partial charge < -0.3 is 4.42 Å². The maximum atomic E-state index is 12.9. The number of benzene rings is 2. The zero-order chi connectivity index (χ0) is 23.8. The van der Waals surface area contributed by atoms with Crippen LogP contribution in [-0.4, -0.2) is 28.4 Å². The lowest BCUT2D eigenvalue weighted by atomic mass is 10.1. The van der Waals surface area contributed by atoms with Crippen molar-refractivity contribution in [3.05, 3.63) is 87.5 Å². The van der Waals surface area contributed by atoms with E-state index < -0.39 is 35.2 Å². The van der Waals surface area contributed by atoms with E-state index in [9.17, 15) is 27.6 Å². The van der Waals surface area contributed by atoms with E-state index in [2.05, 4.69) is 0 Å². The smallest absolute Gasteiger partial charge is 0.416 e. The number of amides is 2. The minimum absolute atomic E-state index is 0.0360. The number of nitrogens with zero attached hydrogens (tertiary/aromatic N) is 1. The van der Waals surface area contributed by atoms with Crippen LogP contribution < -0.4 is 0 Å². The van der Waals surface area contributed by atoms with Gasteiger partial charge in [0, 0.05) is 22.2 Å². The van der Waals surface area contributed by atoms with E-state index in [4.69, 9.17) is 16.0 Å². The van der Waals surface area contributed by atoms with Gasteiger partial charge in [-0.15, -0.1) is 0 Å². The summed E-state index contributed by atoms with van der Waals surface area (Å²) < 4.78 is 44.4. The molecule has 1 aliphatic rings. The van der Waals surface area contributed by atoms with E-state index in [0.29, 0.717) is 22.3 Å². The highest BCUT2D eigenvalue weighted by Crippen LogP contribution is 2.35. The number of carbonyl (C=O) groups excluding carboxylic acids is 3. The van der Waals surface area contributed by atoms with E-state index in [1.165, 1.54) is 54.6 Å². The molecule has 0 spiro atoms. The molecule has 0 atom stereocenters. The fourth-order valence-corrected chi connectivity index (χ4v) is 4.01. The van der Waals surface area contributed by atoms with Gasteiger partial charge in [-0.05, 0) is 60.3 Å². The Balaban J connectivity index is 1.51. The Morgan fingerprint density at radius 1 is 1.06 bits per heavy atom. The molecule has 33 heavy (non-hydrogen) atoms. The average molecular weight is 492 g/mol. The Labute approximate surface area is 194 Å². The molecule has 4 rings (SSSR count). The summed E-state index contributed by atoms with van der Waals surface area (Å²) in [6, 6.07) is 13.6. The number of furan rings is 1. The molecule has 1 aromatic heterocycles. The SMILES string of the molecule is O=C(CN1C(=O)S/C(=C/c2ccc(-c3cccc(C(F)(F)F)c3)o2)C1=O)c1ccc(Cl)cc1. The molecule has 10 heteroatoms. The second kappa shape index (κ2) is 8.92. The quantitative estimate of drug-likeness (QED) is 0.299. The fourth-order valence-electron chi connectivity index (χ4n) is 3.07. The molecule has 0 N–H and O–H groups in total. The lowest BCUT2D eigenvalue weighted by Gasteiger charge is -2.11. The maximum Gasteiger partial charge on any atom is 0.416 e. The van der Waals surface area contributed by atoms with Gasteiger partial charge in [-0.2, -0.15) is 13.2 Å². The van der Waals surface area contributed by atoms with Gasteiger partial charge in [0.05, 0.1) is 17.0 Å². The van der Waals surface area contributed by atoms with E-state index in [1.807, 2.05) is 0 Å². The summed E-state index contributed by atoms with van der Waals surface area (Å²) in [6.07, 6.45) is -3.18. The van der Waals surface area contributed by atoms with Gasteiger partial charge in [-0.25, -0.2) is 0 Å². The third-order valence-corrected chi connectivity index (χ3v) is 5.88. The number of ketones is 1. The third-order valence-electron chi connectivity index (χ3n) is 4.72. The molecule has 0 bridgehead atoms. The monoisotopic (exact) mass is 491 g/mol. The van der Waals surface area contributed by atoms with E-state index in [-0.39, 0.29) is 22.0 Å². The standard InChI is InChI=1S/C23H13ClF3NO4S/c24-16-6-4-13(5-7-16)18(29)12-28-21(30)20(33-22(28)31)11-17-8-9-19(32-17)14-2-1-3-15(10-14)23(25,26)27/h1-11H,12H2/b20-11+. The third kappa shape index (κ3) is 5.04. The molecule has 2 amide bonds. The van der Waals surface area contributed by atoms with E-state index in [1.54, 1.807) is 0 Å². The molecule has 0 aliphatic carbocycles. The molecule has 0 radical (unpaired) electrons. The van der Waals surface area contributed by atoms with E-state index in [0.717, 1.165) is 17.0 Å². The molecule has 5 nitrogen and oxygen atoms in total. The molecule has 0 saturated carbocycles. The fraction of sp³-hybridized carbons (Fsp3) is 0.0870. The highest BCUT2D eigenvalue weighted by atomic mass is 35.5. The van der Waals surface area contributed by atoms with Gasteiger partial charge in [0.2, 0.25) is 0 Å². The Hall–Kier alpha value is -3.30. The van der Waals surface area contributed by atoms with Gasteiger partial charge in [0.15, 0.2) is 5.78 Å². The lowest BCUT2D eigenvalue weighted by Crippen LogP contribution is -2.33. The topological polar surface area (TPSA) is 67.6 Å². The average Bonchev–Trinajstić information content (AvgIpc) is 3.34. The van der Waals surface area contributed by atoms with Gasteiger partial charge in [-0.1, -0.05) is 23.7 Å². The number of thioether (sulfide) groups is 1. The van der Waals surface area contributed by atoms with Crippen LogP contribution in [0.5, 0.6) is 0 Å². The summed E-state index contributed by atoms with van der Waals surface area (Å²) in [5.41, 5.74) is -0.297. The number of hydrogen-bond donors (Lipinski definition) is 0.